The minimum Gasteiger partial charge on any atom is -0.384 e. The normalized spacial score (nSPS) is 13.5. The van der Waals surface area contributed by atoms with Gasteiger partial charge in [-0.15, -0.1) is 0 Å². The lowest BCUT2D eigenvalue weighted by Crippen LogP contribution is -2.02. The van der Waals surface area contributed by atoms with Crippen molar-refractivity contribution < 1.29 is 13.5 Å². The van der Waals surface area contributed by atoms with Crippen molar-refractivity contribution in [3.8, 4) is 0 Å². The first kappa shape index (κ1) is 11.9. The fraction of sp³-hybridized carbons (Fsp3) is 0.273. The summed E-state index contributed by atoms with van der Waals surface area (Å²) in [5.74, 6) is 0. The van der Waals surface area contributed by atoms with Gasteiger partial charge in [-0.3, -0.25) is 0 Å². The molecule has 1 N–H and O–H groups in total. The molecule has 3 nitrogen and oxygen atoms in total. The first-order valence-corrected chi connectivity index (χ1v) is 6.35. The highest BCUT2D eigenvalue weighted by Gasteiger charge is 2.12. The Morgan fingerprint density at radius 3 is 2.53 bits per heavy atom. The van der Waals surface area contributed by atoms with Crippen LogP contribution in [0.3, 0.4) is 0 Å². The van der Waals surface area contributed by atoms with Crippen LogP contribution in [-0.2, 0) is 9.84 Å². The molecule has 1 aromatic rings. The van der Waals surface area contributed by atoms with Crippen molar-refractivity contribution in [3.05, 3.63) is 42.0 Å². The van der Waals surface area contributed by atoms with Gasteiger partial charge in [0.15, 0.2) is 9.84 Å². The van der Waals surface area contributed by atoms with Gasteiger partial charge in [-0.1, -0.05) is 18.7 Å². The number of rotatable bonds is 3. The maximum absolute atomic E-state index is 11.3. The molecule has 0 amide bonds. The van der Waals surface area contributed by atoms with E-state index in [4.69, 9.17) is 0 Å². The Balaban J connectivity index is 3.20. The van der Waals surface area contributed by atoms with Crippen LogP contribution in [0, 0.1) is 0 Å². The van der Waals surface area contributed by atoms with E-state index in [1.165, 1.54) is 12.1 Å². The van der Waals surface area contributed by atoms with Gasteiger partial charge in [0, 0.05) is 6.26 Å². The van der Waals surface area contributed by atoms with Crippen molar-refractivity contribution in [2.75, 3.05) is 6.26 Å². The SMILES string of the molecule is C=C(C)C(O)c1cccc(S(C)(=O)=O)c1. The van der Waals surface area contributed by atoms with Gasteiger partial charge < -0.3 is 5.11 Å². The van der Waals surface area contributed by atoms with Crippen LogP contribution in [0.25, 0.3) is 0 Å². The Labute approximate surface area is 90.0 Å². The Morgan fingerprint density at radius 2 is 2.07 bits per heavy atom. The number of hydrogen-bond donors (Lipinski definition) is 1. The molecule has 0 aliphatic carbocycles. The van der Waals surface area contributed by atoms with Crippen LogP contribution < -0.4 is 0 Å². The Kier molecular flexibility index (Phi) is 3.31. The second-order valence-electron chi connectivity index (χ2n) is 3.59. The molecule has 82 valence electrons. The van der Waals surface area contributed by atoms with Gasteiger partial charge in [0.1, 0.15) is 0 Å². The quantitative estimate of drug-likeness (QED) is 0.798. The van der Waals surface area contributed by atoms with Gasteiger partial charge in [0.25, 0.3) is 0 Å². The minimum atomic E-state index is -3.23. The summed E-state index contributed by atoms with van der Waals surface area (Å²) in [5.41, 5.74) is 1.13. The molecule has 1 unspecified atom stereocenters. The van der Waals surface area contributed by atoms with Gasteiger partial charge in [0.05, 0.1) is 11.0 Å². The van der Waals surface area contributed by atoms with Crippen molar-refractivity contribution in [3.63, 3.8) is 0 Å². The zero-order valence-electron chi connectivity index (χ0n) is 8.77. The Morgan fingerprint density at radius 1 is 1.47 bits per heavy atom. The predicted octanol–water partition coefficient (Wildman–Crippen LogP) is 1.70. The zero-order valence-corrected chi connectivity index (χ0v) is 9.58. The lowest BCUT2D eigenvalue weighted by atomic mass is 10.0. The summed E-state index contributed by atoms with van der Waals surface area (Å²) in [7, 11) is -3.23. The van der Waals surface area contributed by atoms with Crippen molar-refractivity contribution in [1.82, 2.24) is 0 Å². The summed E-state index contributed by atoms with van der Waals surface area (Å²) in [6.07, 6.45) is 0.325. The lowest BCUT2D eigenvalue weighted by Gasteiger charge is -2.11. The second-order valence-corrected chi connectivity index (χ2v) is 5.61. The smallest absolute Gasteiger partial charge is 0.175 e. The monoisotopic (exact) mass is 226 g/mol. The van der Waals surface area contributed by atoms with Crippen LogP contribution in [0.5, 0.6) is 0 Å². The van der Waals surface area contributed by atoms with Crippen molar-refractivity contribution in [2.24, 2.45) is 0 Å². The fourth-order valence-corrected chi connectivity index (χ4v) is 1.88. The van der Waals surface area contributed by atoms with Gasteiger partial charge in [0.2, 0.25) is 0 Å². The van der Waals surface area contributed by atoms with Crippen molar-refractivity contribution in [1.29, 1.82) is 0 Å². The van der Waals surface area contributed by atoms with Gasteiger partial charge >= 0.3 is 0 Å². The lowest BCUT2D eigenvalue weighted by molar-refractivity contribution is 0.216. The fourth-order valence-electron chi connectivity index (χ4n) is 1.20. The predicted molar refractivity (Wildman–Crippen MR) is 59.3 cm³/mol. The molecule has 15 heavy (non-hydrogen) atoms. The molecule has 1 rings (SSSR count). The van der Waals surface area contributed by atoms with E-state index < -0.39 is 15.9 Å². The van der Waals surface area contributed by atoms with Gasteiger partial charge in [-0.05, 0) is 30.2 Å². The summed E-state index contributed by atoms with van der Waals surface area (Å²) in [5, 5.41) is 9.69. The summed E-state index contributed by atoms with van der Waals surface area (Å²) in [6, 6.07) is 6.25. The highest BCUT2D eigenvalue weighted by molar-refractivity contribution is 7.90. The third kappa shape index (κ3) is 2.91. The van der Waals surface area contributed by atoms with Crippen LogP contribution in [0.1, 0.15) is 18.6 Å². The van der Waals surface area contributed by atoms with E-state index in [2.05, 4.69) is 6.58 Å². The number of hydrogen-bond acceptors (Lipinski definition) is 3. The molecule has 0 spiro atoms. The van der Waals surface area contributed by atoms with Crippen LogP contribution >= 0.6 is 0 Å². The average molecular weight is 226 g/mol. The molecule has 0 aliphatic heterocycles. The molecule has 0 saturated carbocycles. The van der Waals surface area contributed by atoms with E-state index >= 15 is 0 Å². The molecule has 0 aliphatic rings. The maximum Gasteiger partial charge on any atom is 0.175 e. The average Bonchev–Trinajstić information content (AvgIpc) is 2.15. The highest BCUT2D eigenvalue weighted by atomic mass is 32.2. The molecule has 0 fully saturated rings. The van der Waals surface area contributed by atoms with Gasteiger partial charge in [-0.25, -0.2) is 8.42 Å². The molecule has 4 heteroatoms. The Bertz CT molecular complexity index is 474. The van der Waals surface area contributed by atoms with Crippen LogP contribution in [0.4, 0.5) is 0 Å². The van der Waals surface area contributed by atoms with E-state index in [0.29, 0.717) is 11.1 Å². The van der Waals surface area contributed by atoms with Crippen molar-refractivity contribution >= 4 is 9.84 Å². The minimum absolute atomic E-state index is 0.209. The number of aliphatic hydroxyl groups is 1. The first-order valence-electron chi connectivity index (χ1n) is 4.46. The molecular weight excluding hydrogens is 212 g/mol. The molecule has 0 heterocycles. The molecule has 0 aromatic heterocycles. The summed E-state index contributed by atoms with van der Waals surface area (Å²) in [6.45, 7) is 5.32. The number of benzene rings is 1. The van der Waals surface area contributed by atoms with E-state index in [0.717, 1.165) is 6.26 Å². The zero-order chi connectivity index (χ0) is 11.6. The maximum atomic E-state index is 11.3. The molecule has 1 atom stereocenters. The van der Waals surface area contributed by atoms with Crippen LogP contribution in [0.15, 0.2) is 41.3 Å². The van der Waals surface area contributed by atoms with E-state index in [1.54, 1.807) is 19.1 Å². The topological polar surface area (TPSA) is 54.4 Å². The third-order valence-electron chi connectivity index (χ3n) is 2.07. The summed E-state index contributed by atoms with van der Waals surface area (Å²) < 4.78 is 22.5. The molecule has 1 aromatic carbocycles. The molecular formula is C11H14O3S. The first-order chi connectivity index (χ1) is 6.82. The largest absolute Gasteiger partial charge is 0.384 e. The molecule has 0 bridgehead atoms. The Hall–Kier alpha value is -1.13. The summed E-state index contributed by atoms with van der Waals surface area (Å²) >= 11 is 0. The molecule has 0 saturated heterocycles. The van der Waals surface area contributed by atoms with E-state index in [-0.39, 0.29) is 4.90 Å². The van der Waals surface area contributed by atoms with Crippen molar-refractivity contribution in [2.45, 2.75) is 17.9 Å². The third-order valence-corrected chi connectivity index (χ3v) is 3.18. The highest BCUT2D eigenvalue weighted by Crippen LogP contribution is 2.22. The van der Waals surface area contributed by atoms with Gasteiger partial charge in [-0.2, -0.15) is 0 Å². The van der Waals surface area contributed by atoms with Crippen LogP contribution in [0.2, 0.25) is 0 Å². The second kappa shape index (κ2) is 4.16. The molecule has 0 radical (unpaired) electrons. The van der Waals surface area contributed by atoms with E-state index in [1.807, 2.05) is 0 Å². The van der Waals surface area contributed by atoms with Crippen LogP contribution in [-0.4, -0.2) is 19.8 Å². The standard InChI is InChI=1S/C11H14O3S/c1-8(2)11(12)9-5-4-6-10(7-9)15(3,13)14/h4-7,11-12H,1H2,2-3H3. The number of aliphatic hydroxyl groups excluding tert-OH is 1. The van der Waals surface area contributed by atoms with E-state index in [9.17, 15) is 13.5 Å². The summed E-state index contributed by atoms with van der Waals surface area (Å²) in [4.78, 5) is 0.209. The number of sulfone groups is 1.